The van der Waals surface area contributed by atoms with Crippen molar-refractivity contribution in [1.82, 2.24) is 0 Å². The van der Waals surface area contributed by atoms with Gasteiger partial charge in [-0.3, -0.25) is 0 Å². The lowest BCUT2D eigenvalue weighted by Crippen LogP contribution is -2.15. The molecule has 1 rings (SSSR count). The van der Waals surface area contributed by atoms with E-state index in [0.29, 0.717) is 10.0 Å². The highest BCUT2D eigenvalue weighted by Gasteiger charge is 2.15. The number of halogens is 1. The smallest absolute Gasteiger partial charge is 0.179 e. The van der Waals surface area contributed by atoms with E-state index in [0.717, 1.165) is 19.3 Å². The fraction of sp³-hybridized carbons (Fsp3) is 0.462. The Morgan fingerprint density at radius 1 is 1.47 bits per heavy atom. The molecule has 0 heterocycles. The topological polar surface area (TPSA) is 53.2 Å². The molecule has 1 aromatic carbocycles. The lowest BCUT2D eigenvalue weighted by molar-refractivity contribution is 0.178. The number of phenols is 1. The zero-order valence-corrected chi connectivity index (χ0v) is 11.6. The Bertz CT molecular complexity index is 426. The summed E-state index contributed by atoms with van der Waals surface area (Å²) in [6, 6.07) is 5.22. The molecule has 0 saturated carbocycles. The first-order valence-corrected chi connectivity index (χ1v) is 6.50. The van der Waals surface area contributed by atoms with Crippen LogP contribution in [-0.4, -0.2) is 11.2 Å². The van der Waals surface area contributed by atoms with Crippen LogP contribution in [0.3, 0.4) is 0 Å². The van der Waals surface area contributed by atoms with E-state index >= 15 is 0 Å². The van der Waals surface area contributed by atoms with Crippen LogP contribution in [0.15, 0.2) is 16.6 Å². The van der Waals surface area contributed by atoms with E-state index < -0.39 is 0 Å². The molecule has 0 spiro atoms. The summed E-state index contributed by atoms with van der Waals surface area (Å²) in [6.07, 6.45) is 2.82. The number of phenolic OH excluding ortho intramolecular Hbond substituents is 1. The van der Waals surface area contributed by atoms with Crippen LogP contribution in [0.5, 0.6) is 11.5 Å². The second-order valence-corrected chi connectivity index (χ2v) is 4.77. The first-order valence-electron chi connectivity index (χ1n) is 5.71. The maximum Gasteiger partial charge on any atom is 0.179 e. The summed E-state index contributed by atoms with van der Waals surface area (Å²) in [5.41, 5.74) is 0.353. The molecule has 1 unspecified atom stereocenters. The molecular formula is C13H16BrNO2. The van der Waals surface area contributed by atoms with Crippen molar-refractivity contribution in [3.63, 3.8) is 0 Å². The Balaban J connectivity index is 3.01. The predicted molar refractivity (Wildman–Crippen MR) is 70.1 cm³/mol. The zero-order valence-electron chi connectivity index (χ0n) is 10.0. The van der Waals surface area contributed by atoms with Crippen molar-refractivity contribution >= 4 is 15.9 Å². The van der Waals surface area contributed by atoms with Crippen LogP contribution < -0.4 is 4.74 Å². The van der Waals surface area contributed by atoms with Crippen LogP contribution in [0.4, 0.5) is 0 Å². The van der Waals surface area contributed by atoms with Crippen molar-refractivity contribution in [1.29, 1.82) is 5.26 Å². The maximum absolute atomic E-state index is 9.81. The van der Waals surface area contributed by atoms with Gasteiger partial charge in [-0.1, -0.05) is 36.2 Å². The number of hydrogen-bond donors (Lipinski definition) is 1. The molecule has 4 heteroatoms. The van der Waals surface area contributed by atoms with E-state index in [-0.39, 0.29) is 17.6 Å². The highest BCUT2D eigenvalue weighted by atomic mass is 79.9. The van der Waals surface area contributed by atoms with Gasteiger partial charge in [-0.15, -0.1) is 0 Å². The van der Waals surface area contributed by atoms with Gasteiger partial charge in [-0.2, -0.15) is 5.26 Å². The SMILES string of the molecule is CCCC(CC)Oc1c(O)cc(Br)cc1C#N. The van der Waals surface area contributed by atoms with Gasteiger partial charge in [-0.25, -0.2) is 0 Å². The van der Waals surface area contributed by atoms with Crippen LogP contribution in [0.2, 0.25) is 0 Å². The number of benzene rings is 1. The molecule has 17 heavy (non-hydrogen) atoms. The molecule has 0 aliphatic rings. The summed E-state index contributed by atoms with van der Waals surface area (Å²) in [5, 5.41) is 18.8. The molecule has 1 aromatic rings. The summed E-state index contributed by atoms with van der Waals surface area (Å²) in [6.45, 7) is 4.11. The van der Waals surface area contributed by atoms with E-state index in [1.54, 1.807) is 6.07 Å². The molecule has 0 amide bonds. The first-order chi connectivity index (χ1) is 8.12. The predicted octanol–water partition coefficient (Wildman–Crippen LogP) is 3.98. The molecule has 0 saturated heterocycles. The number of ether oxygens (including phenoxy) is 1. The quantitative estimate of drug-likeness (QED) is 0.894. The van der Waals surface area contributed by atoms with Gasteiger partial charge in [0, 0.05) is 4.47 Å². The fourth-order valence-corrected chi connectivity index (χ4v) is 2.07. The van der Waals surface area contributed by atoms with Gasteiger partial charge in [0.1, 0.15) is 6.07 Å². The van der Waals surface area contributed by atoms with Gasteiger partial charge in [0.25, 0.3) is 0 Å². The molecule has 1 atom stereocenters. The van der Waals surface area contributed by atoms with Gasteiger partial charge in [0.15, 0.2) is 11.5 Å². The van der Waals surface area contributed by atoms with Crippen LogP contribution >= 0.6 is 15.9 Å². The summed E-state index contributed by atoms with van der Waals surface area (Å²) in [4.78, 5) is 0. The molecule has 3 nitrogen and oxygen atoms in total. The Morgan fingerprint density at radius 2 is 2.18 bits per heavy atom. The maximum atomic E-state index is 9.81. The molecule has 0 bridgehead atoms. The van der Waals surface area contributed by atoms with Crippen LogP contribution in [-0.2, 0) is 0 Å². The summed E-state index contributed by atoms with van der Waals surface area (Å²) in [7, 11) is 0. The number of aromatic hydroxyl groups is 1. The molecule has 1 N–H and O–H groups in total. The Labute approximate surface area is 110 Å². The molecule has 0 aromatic heterocycles. The zero-order chi connectivity index (χ0) is 12.8. The van der Waals surface area contributed by atoms with Crippen molar-refractivity contribution in [2.75, 3.05) is 0 Å². The molecular weight excluding hydrogens is 282 g/mol. The van der Waals surface area contributed by atoms with Crippen molar-refractivity contribution in [3.8, 4) is 17.6 Å². The third kappa shape index (κ3) is 3.64. The molecule has 0 aliphatic heterocycles. The number of rotatable bonds is 5. The van der Waals surface area contributed by atoms with E-state index in [4.69, 9.17) is 10.00 Å². The summed E-state index contributed by atoms with van der Waals surface area (Å²) in [5.74, 6) is 0.293. The number of hydrogen-bond acceptors (Lipinski definition) is 3. The minimum atomic E-state index is 0.00507. The molecule has 92 valence electrons. The molecule has 0 fully saturated rings. The van der Waals surface area contributed by atoms with E-state index in [1.807, 2.05) is 13.0 Å². The Hall–Kier alpha value is -1.21. The van der Waals surface area contributed by atoms with E-state index in [1.165, 1.54) is 6.07 Å². The Morgan fingerprint density at radius 3 is 2.71 bits per heavy atom. The Kier molecular flexibility index (Phi) is 5.30. The number of nitrogens with zero attached hydrogens (tertiary/aromatic N) is 1. The minimum Gasteiger partial charge on any atom is -0.504 e. The molecule has 0 aliphatic carbocycles. The average Bonchev–Trinajstić information content (AvgIpc) is 2.30. The summed E-state index contributed by atoms with van der Waals surface area (Å²) < 4.78 is 6.39. The standard InChI is InChI=1S/C13H16BrNO2/c1-3-5-11(4-2)17-13-9(8-15)6-10(14)7-12(13)16/h6-7,11,16H,3-5H2,1-2H3. The van der Waals surface area contributed by atoms with Crippen LogP contribution in [0.25, 0.3) is 0 Å². The second-order valence-electron chi connectivity index (χ2n) is 3.85. The second kappa shape index (κ2) is 6.51. The summed E-state index contributed by atoms with van der Waals surface area (Å²) >= 11 is 3.24. The third-order valence-corrected chi connectivity index (χ3v) is 2.96. The van der Waals surface area contributed by atoms with E-state index in [9.17, 15) is 5.11 Å². The average molecular weight is 298 g/mol. The normalized spacial score (nSPS) is 11.9. The molecule has 0 radical (unpaired) electrons. The third-order valence-electron chi connectivity index (χ3n) is 2.51. The van der Waals surface area contributed by atoms with Gasteiger partial charge in [-0.05, 0) is 25.0 Å². The van der Waals surface area contributed by atoms with Crippen molar-refractivity contribution in [2.24, 2.45) is 0 Å². The minimum absolute atomic E-state index is 0.00507. The van der Waals surface area contributed by atoms with Crippen LogP contribution in [0.1, 0.15) is 38.7 Å². The first kappa shape index (κ1) is 13.9. The number of nitriles is 1. The largest absolute Gasteiger partial charge is 0.504 e. The van der Waals surface area contributed by atoms with Gasteiger partial charge >= 0.3 is 0 Å². The van der Waals surface area contributed by atoms with Gasteiger partial charge < -0.3 is 9.84 Å². The lowest BCUT2D eigenvalue weighted by atomic mass is 10.1. The van der Waals surface area contributed by atoms with Crippen molar-refractivity contribution in [2.45, 2.75) is 39.2 Å². The fourth-order valence-electron chi connectivity index (χ4n) is 1.62. The highest BCUT2D eigenvalue weighted by Crippen LogP contribution is 2.34. The lowest BCUT2D eigenvalue weighted by Gasteiger charge is -2.18. The van der Waals surface area contributed by atoms with Crippen molar-refractivity contribution in [3.05, 3.63) is 22.2 Å². The van der Waals surface area contributed by atoms with E-state index in [2.05, 4.69) is 22.9 Å². The highest BCUT2D eigenvalue weighted by molar-refractivity contribution is 9.10. The van der Waals surface area contributed by atoms with Crippen LogP contribution in [0, 0.1) is 11.3 Å². The monoisotopic (exact) mass is 297 g/mol. The van der Waals surface area contributed by atoms with Gasteiger partial charge in [0.2, 0.25) is 0 Å². The van der Waals surface area contributed by atoms with Crippen molar-refractivity contribution < 1.29 is 9.84 Å². The van der Waals surface area contributed by atoms with Gasteiger partial charge in [0.05, 0.1) is 11.7 Å².